The van der Waals surface area contributed by atoms with Crippen molar-refractivity contribution in [2.45, 2.75) is 38.5 Å². The topological polar surface area (TPSA) is 61.7 Å². The molecule has 0 aliphatic heterocycles. The van der Waals surface area contributed by atoms with Crippen LogP contribution in [-0.4, -0.2) is 16.7 Å². The number of carbonyl (C=O) groups is 1. The summed E-state index contributed by atoms with van der Waals surface area (Å²) in [7, 11) is 0. The van der Waals surface area contributed by atoms with Gasteiger partial charge >= 0.3 is 0 Å². The fourth-order valence-electron chi connectivity index (χ4n) is 4.22. The largest absolute Gasteiger partial charge is 0.507 e. The smallest absolute Gasteiger partial charge is 0.275 e. The third-order valence-electron chi connectivity index (χ3n) is 5.99. The molecule has 1 amide bonds. The molecule has 2 aliphatic carbocycles. The highest BCUT2D eigenvalue weighted by Gasteiger charge is 2.29. The van der Waals surface area contributed by atoms with E-state index in [1.165, 1.54) is 24.0 Å². The number of carbonyl (C=O) groups excluding carboxylic acids is 1. The van der Waals surface area contributed by atoms with Crippen molar-refractivity contribution in [1.29, 1.82) is 0 Å². The SMILES string of the molecule is O=C(N/N=C(/c1ccc2c(c1)CCCC2)C1CC1)c1cc2ccccc2cc1O. The van der Waals surface area contributed by atoms with E-state index in [1.807, 2.05) is 24.3 Å². The number of hydrazone groups is 1. The van der Waals surface area contributed by atoms with E-state index in [4.69, 9.17) is 0 Å². The minimum absolute atomic E-state index is 0.0295. The van der Waals surface area contributed by atoms with Crippen LogP contribution in [0.2, 0.25) is 0 Å². The third kappa shape index (κ3) is 3.63. The molecule has 3 aromatic rings. The molecule has 4 nitrogen and oxygen atoms in total. The van der Waals surface area contributed by atoms with Crippen LogP contribution in [0.25, 0.3) is 10.8 Å². The molecular formula is C25H24N2O2. The maximum absolute atomic E-state index is 12.7. The van der Waals surface area contributed by atoms with Gasteiger partial charge in [0.15, 0.2) is 0 Å². The first kappa shape index (κ1) is 17.9. The maximum atomic E-state index is 12.7. The summed E-state index contributed by atoms with van der Waals surface area (Å²) in [6.45, 7) is 0. The molecular weight excluding hydrogens is 360 g/mol. The van der Waals surface area contributed by atoms with Crippen molar-refractivity contribution in [2.75, 3.05) is 0 Å². The number of hydrogen-bond acceptors (Lipinski definition) is 3. The second-order valence-electron chi connectivity index (χ2n) is 8.12. The predicted octanol–water partition coefficient (Wildman–Crippen LogP) is 4.97. The van der Waals surface area contributed by atoms with Gasteiger partial charge in [-0.2, -0.15) is 5.10 Å². The Bertz CT molecular complexity index is 1130. The molecule has 146 valence electrons. The van der Waals surface area contributed by atoms with Crippen molar-refractivity contribution >= 4 is 22.4 Å². The fourth-order valence-corrected chi connectivity index (χ4v) is 4.22. The van der Waals surface area contributed by atoms with Gasteiger partial charge in [0, 0.05) is 5.92 Å². The Morgan fingerprint density at radius 2 is 1.66 bits per heavy atom. The molecule has 3 aromatic carbocycles. The summed E-state index contributed by atoms with van der Waals surface area (Å²) in [5, 5.41) is 16.6. The van der Waals surface area contributed by atoms with E-state index in [9.17, 15) is 9.90 Å². The molecule has 0 aromatic heterocycles. The zero-order valence-electron chi connectivity index (χ0n) is 16.3. The summed E-state index contributed by atoms with van der Waals surface area (Å²) in [6.07, 6.45) is 6.99. The number of phenolic OH excluding ortho intramolecular Hbond substituents is 1. The zero-order valence-corrected chi connectivity index (χ0v) is 16.3. The summed E-state index contributed by atoms with van der Waals surface area (Å²) < 4.78 is 0. The maximum Gasteiger partial charge on any atom is 0.275 e. The van der Waals surface area contributed by atoms with Gasteiger partial charge in [0.1, 0.15) is 5.75 Å². The molecule has 0 unspecified atom stereocenters. The van der Waals surface area contributed by atoms with Crippen LogP contribution in [0.15, 0.2) is 59.7 Å². The Hall–Kier alpha value is -3.14. The molecule has 0 radical (unpaired) electrons. The Balaban J connectivity index is 1.43. The van der Waals surface area contributed by atoms with E-state index in [1.54, 1.807) is 12.1 Å². The Kier molecular flexibility index (Phi) is 4.55. The summed E-state index contributed by atoms with van der Waals surface area (Å²) in [5.41, 5.74) is 7.86. The van der Waals surface area contributed by atoms with E-state index in [0.717, 1.165) is 47.7 Å². The van der Waals surface area contributed by atoms with E-state index in [0.29, 0.717) is 5.92 Å². The van der Waals surface area contributed by atoms with Crippen molar-refractivity contribution in [3.8, 4) is 5.75 Å². The zero-order chi connectivity index (χ0) is 19.8. The van der Waals surface area contributed by atoms with E-state index in [2.05, 4.69) is 28.7 Å². The van der Waals surface area contributed by atoms with E-state index < -0.39 is 0 Å². The lowest BCUT2D eigenvalue weighted by atomic mass is 9.89. The van der Waals surface area contributed by atoms with Crippen LogP contribution in [0, 0.1) is 5.92 Å². The van der Waals surface area contributed by atoms with Crippen LogP contribution in [0.4, 0.5) is 0 Å². The first-order valence-corrected chi connectivity index (χ1v) is 10.4. The number of aryl methyl sites for hydroxylation is 2. The fraction of sp³-hybridized carbons (Fsp3) is 0.280. The highest BCUT2D eigenvalue weighted by Crippen LogP contribution is 2.34. The first-order valence-electron chi connectivity index (χ1n) is 10.4. The number of benzene rings is 3. The summed E-state index contributed by atoms with van der Waals surface area (Å²) in [4.78, 5) is 12.7. The average Bonchev–Trinajstić information content (AvgIpc) is 3.58. The molecule has 29 heavy (non-hydrogen) atoms. The second-order valence-corrected chi connectivity index (χ2v) is 8.12. The molecule has 2 aliphatic rings. The lowest BCUT2D eigenvalue weighted by Gasteiger charge is -2.17. The highest BCUT2D eigenvalue weighted by atomic mass is 16.3. The van der Waals surface area contributed by atoms with E-state index in [-0.39, 0.29) is 17.2 Å². The van der Waals surface area contributed by atoms with Gasteiger partial charge in [-0.3, -0.25) is 4.79 Å². The second kappa shape index (κ2) is 7.36. The van der Waals surface area contributed by atoms with Crippen LogP contribution < -0.4 is 5.43 Å². The molecule has 4 heteroatoms. The van der Waals surface area contributed by atoms with E-state index >= 15 is 0 Å². The Labute approximate surface area is 170 Å². The quantitative estimate of drug-likeness (QED) is 0.493. The normalized spacial score (nSPS) is 16.5. The van der Waals surface area contributed by atoms with Crippen LogP contribution in [0.5, 0.6) is 5.75 Å². The first-order chi connectivity index (χ1) is 14.2. The highest BCUT2D eigenvalue weighted by molar-refractivity contribution is 6.06. The lowest BCUT2D eigenvalue weighted by molar-refractivity contribution is 0.0952. The minimum Gasteiger partial charge on any atom is -0.507 e. The molecule has 0 atom stereocenters. The number of phenols is 1. The number of rotatable bonds is 4. The number of fused-ring (bicyclic) bond motifs is 2. The number of nitrogens with one attached hydrogen (secondary N) is 1. The van der Waals surface area contributed by atoms with Crippen molar-refractivity contribution in [3.63, 3.8) is 0 Å². The molecule has 0 bridgehead atoms. The third-order valence-corrected chi connectivity index (χ3v) is 5.99. The summed E-state index contributed by atoms with van der Waals surface area (Å²) >= 11 is 0. The number of hydrogen-bond donors (Lipinski definition) is 2. The van der Waals surface area contributed by atoms with Crippen molar-refractivity contribution in [3.05, 3.63) is 76.9 Å². The van der Waals surface area contributed by atoms with Crippen LogP contribution in [-0.2, 0) is 12.8 Å². The molecule has 1 saturated carbocycles. The van der Waals surface area contributed by atoms with Gasteiger partial charge in [-0.15, -0.1) is 0 Å². The van der Waals surface area contributed by atoms with Crippen LogP contribution in [0.1, 0.15) is 52.7 Å². The number of aromatic hydroxyl groups is 1. The van der Waals surface area contributed by atoms with Crippen molar-refractivity contribution in [1.82, 2.24) is 5.43 Å². The van der Waals surface area contributed by atoms with Gasteiger partial charge in [0.2, 0.25) is 0 Å². The lowest BCUT2D eigenvalue weighted by Crippen LogP contribution is -2.21. The Morgan fingerprint density at radius 1 is 0.931 bits per heavy atom. The summed E-state index contributed by atoms with van der Waals surface area (Å²) in [6, 6.07) is 17.6. The van der Waals surface area contributed by atoms with Gasteiger partial charge in [-0.25, -0.2) is 5.43 Å². The minimum atomic E-state index is -0.385. The van der Waals surface area contributed by atoms with Gasteiger partial charge in [-0.05, 0) is 84.2 Å². The molecule has 0 spiro atoms. The van der Waals surface area contributed by atoms with Gasteiger partial charge in [0.25, 0.3) is 5.91 Å². The van der Waals surface area contributed by atoms with Crippen molar-refractivity contribution in [2.24, 2.45) is 11.0 Å². The molecule has 2 N–H and O–H groups in total. The monoisotopic (exact) mass is 384 g/mol. The summed E-state index contributed by atoms with van der Waals surface area (Å²) in [5.74, 6) is -0.00958. The standard InChI is InChI=1S/C25H24N2O2/c28-23-15-20-8-4-3-7-19(20)14-22(23)25(29)27-26-24(17-10-11-17)21-12-9-16-5-1-2-6-18(16)13-21/h3-4,7-9,12-15,17,28H,1-2,5-6,10-11H2,(H,27,29)/b26-24+. The Morgan fingerprint density at radius 3 is 2.41 bits per heavy atom. The number of amides is 1. The van der Waals surface area contributed by atoms with Crippen LogP contribution in [0.3, 0.4) is 0 Å². The molecule has 0 heterocycles. The average molecular weight is 384 g/mol. The molecule has 0 saturated heterocycles. The van der Waals surface area contributed by atoms with Crippen LogP contribution >= 0.6 is 0 Å². The van der Waals surface area contributed by atoms with Gasteiger partial charge in [-0.1, -0.05) is 36.4 Å². The molecule has 5 rings (SSSR count). The van der Waals surface area contributed by atoms with Gasteiger partial charge in [0.05, 0.1) is 11.3 Å². The van der Waals surface area contributed by atoms with Gasteiger partial charge < -0.3 is 5.11 Å². The molecule has 1 fully saturated rings. The van der Waals surface area contributed by atoms with Crippen molar-refractivity contribution < 1.29 is 9.90 Å². The predicted molar refractivity (Wildman–Crippen MR) is 115 cm³/mol. The number of nitrogens with zero attached hydrogens (tertiary/aromatic N) is 1.